The average Bonchev–Trinajstić information content (AvgIpc) is 3.39. The number of esters is 1. The van der Waals surface area contributed by atoms with E-state index in [0.29, 0.717) is 12.8 Å². The van der Waals surface area contributed by atoms with E-state index >= 15 is 0 Å². The highest BCUT2D eigenvalue weighted by Gasteiger charge is 2.47. The minimum atomic E-state index is -1.64. The van der Waals surface area contributed by atoms with Crippen molar-refractivity contribution in [1.29, 1.82) is 0 Å². The largest absolute Gasteiger partial charge is 0.454 e. The predicted octanol–water partition coefficient (Wildman–Crippen LogP) is 13.4. The summed E-state index contributed by atoms with van der Waals surface area (Å²) in [5.74, 6) is -1.25. The molecule has 8 unspecified atom stereocenters. The molecule has 11 nitrogen and oxygen atoms in total. The number of rotatable bonds is 48. The molecular formula is C62H107NO10. The lowest BCUT2D eigenvalue weighted by Crippen LogP contribution is -2.61. The normalized spacial score (nSPS) is 20.0. The first-order valence-corrected chi connectivity index (χ1v) is 29.4. The first-order valence-electron chi connectivity index (χ1n) is 29.4. The third kappa shape index (κ3) is 38.1. The number of aliphatic hydroxyl groups is 5. The molecule has 1 aliphatic heterocycles. The second-order valence-electron chi connectivity index (χ2n) is 20.1. The lowest BCUT2D eigenvalue weighted by Gasteiger charge is -2.41. The molecule has 420 valence electrons. The molecule has 8 atom stereocenters. The first kappa shape index (κ1) is 67.9. The number of nitrogens with one attached hydrogen (secondary N) is 1. The highest BCUT2D eigenvalue weighted by atomic mass is 16.7. The second-order valence-corrected chi connectivity index (χ2v) is 20.1. The van der Waals surface area contributed by atoms with E-state index in [1.165, 1.54) is 109 Å². The maximum absolute atomic E-state index is 13.4. The Kier molecular flexibility index (Phi) is 46.2. The summed E-state index contributed by atoms with van der Waals surface area (Å²) >= 11 is 0. The average molecular weight is 1030 g/mol. The number of hydrogen-bond donors (Lipinski definition) is 6. The number of carbonyl (C=O) groups excluding carboxylic acids is 2. The lowest BCUT2D eigenvalue weighted by molar-refractivity contribution is -0.305. The van der Waals surface area contributed by atoms with Gasteiger partial charge in [-0.3, -0.25) is 9.59 Å². The maximum atomic E-state index is 13.4. The van der Waals surface area contributed by atoms with Crippen LogP contribution in [0.25, 0.3) is 0 Å². The summed E-state index contributed by atoms with van der Waals surface area (Å²) in [5, 5.41) is 56.9. The molecular weight excluding hydrogens is 919 g/mol. The zero-order valence-electron chi connectivity index (χ0n) is 46.2. The van der Waals surface area contributed by atoms with Crippen molar-refractivity contribution in [1.82, 2.24) is 5.32 Å². The van der Waals surface area contributed by atoms with E-state index in [4.69, 9.17) is 14.2 Å². The Labute approximate surface area is 444 Å². The van der Waals surface area contributed by atoms with Crippen LogP contribution in [0.3, 0.4) is 0 Å². The highest BCUT2D eigenvalue weighted by molar-refractivity contribution is 5.80. The van der Waals surface area contributed by atoms with E-state index in [-0.39, 0.29) is 19.4 Å². The van der Waals surface area contributed by atoms with Gasteiger partial charge in [0.1, 0.15) is 24.4 Å². The fourth-order valence-corrected chi connectivity index (χ4v) is 8.72. The molecule has 0 aromatic rings. The van der Waals surface area contributed by atoms with Crippen molar-refractivity contribution in [3.63, 3.8) is 0 Å². The standard InChI is InChI=1S/C62H107NO10/c1-4-7-10-13-16-19-22-25-27-29-31-34-37-40-43-46-49-55(66)61(70)63-53(54(65)48-45-42-39-36-33-30-24-21-18-15-12-9-6-3)52-71-62-60(59(69)58(68)56(51-64)72-62)73-57(67)50-47-44-41-38-35-32-28-26-23-20-17-14-11-8-5-2/h8,11,14,17,20,23,25-28,32,35,45,48,53-56,58-60,62,64-66,68-69H,4-7,9-10,12-13,15-16,18-19,21-22,24,29-31,33-34,36-44,46-47,49-52H2,1-3H3,(H,63,70)/b11-8+,17-14+,23-20-,27-25+,28-26-,35-32+,48-45+. The van der Waals surface area contributed by atoms with Crippen LogP contribution in [0, 0.1) is 0 Å². The third-order valence-electron chi connectivity index (χ3n) is 13.4. The summed E-state index contributed by atoms with van der Waals surface area (Å²) in [6.45, 7) is 5.60. The number of amides is 1. The first-order chi connectivity index (χ1) is 35.7. The van der Waals surface area contributed by atoms with Crippen LogP contribution in [0.4, 0.5) is 0 Å². The maximum Gasteiger partial charge on any atom is 0.306 e. The summed E-state index contributed by atoms with van der Waals surface area (Å²) in [6.07, 6.45) is 53.3. The molecule has 6 N–H and O–H groups in total. The quantitative estimate of drug-likeness (QED) is 0.0149. The minimum Gasteiger partial charge on any atom is -0.454 e. The van der Waals surface area contributed by atoms with Gasteiger partial charge in [0.2, 0.25) is 5.91 Å². The molecule has 73 heavy (non-hydrogen) atoms. The molecule has 1 amide bonds. The monoisotopic (exact) mass is 1030 g/mol. The molecule has 0 aromatic heterocycles. The van der Waals surface area contributed by atoms with Gasteiger partial charge < -0.3 is 45.1 Å². The van der Waals surface area contributed by atoms with Crippen molar-refractivity contribution < 1.29 is 49.3 Å². The van der Waals surface area contributed by atoms with Crippen molar-refractivity contribution in [2.75, 3.05) is 13.2 Å². The fraction of sp³-hybridized carbons (Fsp3) is 0.742. The Morgan fingerprint density at radius 2 is 1.00 bits per heavy atom. The van der Waals surface area contributed by atoms with E-state index in [1.54, 1.807) is 6.08 Å². The molecule has 11 heteroatoms. The van der Waals surface area contributed by atoms with E-state index in [2.05, 4.69) is 50.4 Å². The highest BCUT2D eigenvalue weighted by Crippen LogP contribution is 2.26. The van der Waals surface area contributed by atoms with Crippen LogP contribution >= 0.6 is 0 Å². The molecule has 0 bridgehead atoms. The van der Waals surface area contributed by atoms with Gasteiger partial charge in [-0.05, 0) is 70.6 Å². The van der Waals surface area contributed by atoms with Crippen molar-refractivity contribution >= 4 is 11.9 Å². The van der Waals surface area contributed by atoms with E-state index in [9.17, 15) is 35.1 Å². The van der Waals surface area contributed by atoms with E-state index in [0.717, 1.165) is 77.0 Å². The number of unbranched alkanes of at least 4 members (excludes halogenated alkanes) is 26. The smallest absolute Gasteiger partial charge is 0.306 e. The topological polar surface area (TPSA) is 175 Å². The van der Waals surface area contributed by atoms with Gasteiger partial charge in [0.05, 0.1) is 25.4 Å². The Hall–Kier alpha value is -3.16. The van der Waals surface area contributed by atoms with Crippen LogP contribution in [-0.4, -0.2) is 99.6 Å². The molecule has 1 rings (SSSR count). The van der Waals surface area contributed by atoms with Gasteiger partial charge in [0.15, 0.2) is 12.4 Å². The molecule has 1 heterocycles. The van der Waals surface area contributed by atoms with Gasteiger partial charge in [-0.15, -0.1) is 0 Å². The molecule has 0 radical (unpaired) electrons. The number of carbonyl (C=O) groups is 2. The Balaban J connectivity index is 2.77. The molecule has 1 saturated heterocycles. The predicted molar refractivity (Wildman–Crippen MR) is 301 cm³/mol. The summed E-state index contributed by atoms with van der Waals surface area (Å²) in [7, 11) is 0. The van der Waals surface area contributed by atoms with Crippen LogP contribution < -0.4 is 5.32 Å². The fourth-order valence-electron chi connectivity index (χ4n) is 8.72. The van der Waals surface area contributed by atoms with Crippen LogP contribution in [0.15, 0.2) is 85.1 Å². The second kappa shape index (κ2) is 49.7. The number of ether oxygens (including phenoxy) is 3. The SMILES string of the molecule is CC/C=C/C=C/C=C\C=C/C=C/CCCCCC(=O)OC1C(OCC(NC(=O)C(O)CCCCCCCC/C=C/CCCCCCCC)C(O)/C=C/CCCCCCCCCCCCC)OC(CO)C(O)C1O. The molecule has 0 saturated carbocycles. The molecule has 0 aliphatic carbocycles. The summed E-state index contributed by atoms with van der Waals surface area (Å²) in [6, 6.07) is -1.04. The van der Waals surface area contributed by atoms with Crippen LogP contribution in [0.5, 0.6) is 0 Å². The Morgan fingerprint density at radius 1 is 0.548 bits per heavy atom. The van der Waals surface area contributed by atoms with Crippen molar-refractivity contribution in [2.45, 2.75) is 282 Å². The van der Waals surface area contributed by atoms with Gasteiger partial charge in [-0.2, -0.15) is 0 Å². The zero-order chi connectivity index (χ0) is 53.3. The summed E-state index contributed by atoms with van der Waals surface area (Å²) in [4.78, 5) is 26.5. The van der Waals surface area contributed by atoms with Gasteiger partial charge in [0, 0.05) is 6.42 Å². The Bertz CT molecular complexity index is 1510. The lowest BCUT2D eigenvalue weighted by atomic mass is 9.99. The molecule has 1 fully saturated rings. The molecule has 1 aliphatic rings. The van der Waals surface area contributed by atoms with Gasteiger partial charge in [0.25, 0.3) is 0 Å². The Morgan fingerprint density at radius 3 is 1.52 bits per heavy atom. The minimum absolute atomic E-state index is 0.0705. The number of hydrogen-bond acceptors (Lipinski definition) is 10. The van der Waals surface area contributed by atoms with Crippen LogP contribution in [0.1, 0.15) is 233 Å². The van der Waals surface area contributed by atoms with Crippen LogP contribution in [0.2, 0.25) is 0 Å². The van der Waals surface area contributed by atoms with Gasteiger partial charge >= 0.3 is 5.97 Å². The van der Waals surface area contributed by atoms with Crippen molar-refractivity contribution in [3.05, 3.63) is 85.1 Å². The van der Waals surface area contributed by atoms with Crippen molar-refractivity contribution in [2.24, 2.45) is 0 Å². The number of aliphatic hydroxyl groups excluding tert-OH is 5. The third-order valence-corrected chi connectivity index (χ3v) is 13.4. The van der Waals surface area contributed by atoms with Crippen LogP contribution in [-0.2, 0) is 23.8 Å². The zero-order valence-corrected chi connectivity index (χ0v) is 46.2. The number of allylic oxidation sites excluding steroid dienone is 13. The summed E-state index contributed by atoms with van der Waals surface area (Å²) in [5.41, 5.74) is 0. The van der Waals surface area contributed by atoms with Crippen molar-refractivity contribution in [3.8, 4) is 0 Å². The summed E-state index contributed by atoms with van der Waals surface area (Å²) < 4.78 is 17.5. The van der Waals surface area contributed by atoms with Gasteiger partial charge in [-0.1, -0.05) is 241 Å². The molecule has 0 aromatic carbocycles. The van der Waals surface area contributed by atoms with E-state index in [1.807, 2.05) is 54.7 Å². The van der Waals surface area contributed by atoms with E-state index < -0.39 is 67.4 Å². The molecule has 0 spiro atoms. The van der Waals surface area contributed by atoms with Gasteiger partial charge in [-0.25, -0.2) is 0 Å².